The van der Waals surface area contributed by atoms with Crippen molar-refractivity contribution in [2.24, 2.45) is 5.73 Å². The van der Waals surface area contributed by atoms with Crippen LogP contribution in [0, 0.1) is 16.1 Å². The van der Waals surface area contributed by atoms with Crippen molar-refractivity contribution in [3.63, 3.8) is 0 Å². The molecule has 15 heavy (non-hydrogen) atoms. The Morgan fingerprint density at radius 3 is 2.93 bits per heavy atom. The van der Waals surface area contributed by atoms with E-state index in [1.54, 1.807) is 0 Å². The van der Waals surface area contributed by atoms with Gasteiger partial charge in [-0.2, -0.15) is 4.39 Å². The minimum atomic E-state index is -0.659. The summed E-state index contributed by atoms with van der Waals surface area (Å²) in [6.45, 7) is -0.0596. The first-order valence-corrected chi connectivity index (χ1v) is 4.15. The van der Waals surface area contributed by atoms with E-state index in [0.29, 0.717) is 0 Å². The van der Waals surface area contributed by atoms with E-state index in [9.17, 15) is 14.5 Å². The van der Waals surface area contributed by atoms with Gasteiger partial charge in [0.2, 0.25) is 11.8 Å². The topological polar surface area (TPSA) is 86.5 Å². The molecule has 0 spiro atoms. The molecule has 0 saturated carbocycles. The van der Waals surface area contributed by atoms with E-state index < -0.39 is 10.9 Å². The lowest BCUT2D eigenvalue weighted by molar-refractivity contribution is -0.387. The average molecular weight is 210 g/mol. The van der Waals surface area contributed by atoms with Crippen LogP contribution in [0.5, 0.6) is 0 Å². The number of rotatable bonds is 2. The van der Waals surface area contributed by atoms with Crippen molar-refractivity contribution in [2.45, 2.75) is 6.54 Å². The van der Waals surface area contributed by atoms with Gasteiger partial charge >= 0.3 is 5.82 Å². The molecule has 0 atom stereocenters. The summed E-state index contributed by atoms with van der Waals surface area (Å²) in [5, 5.41) is 10.6. The minimum Gasteiger partial charge on any atom is -0.358 e. The second kappa shape index (κ2) is 3.28. The predicted octanol–water partition coefficient (Wildman–Crippen LogP) is 0.840. The van der Waals surface area contributed by atoms with E-state index in [4.69, 9.17) is 5.73 Å². The highest BCUT2D eigenvalue weighted by atomic mass is 19.1. The van der Waals surface area contributed by atoms with E-state index in [1.165, 1.54) is 18.2 Å². The first-order valence-electron chi connectivity index (χ1n) is 4.15. The second-order valence-electron chi connectivity index (χ2n) is 2.88. The summed E-state index contributed by atoms with van der Waals surface area (Å²) in [4.78, 5) is 13.6. The van der Waals surface area contributed by atoms with Gasteiger partial charge in [-0.3, -0.25) is 0 Å². The molecular formula is C8H7FN4O2. The van der Waals surface area contributed by atoms with Crippen molar-refractivity contribution in [1.82, 2.24) is 9.38 Å². The fraction of sp³-hybridized carbons (Fsp3) is 0.125. The predicted molar refractivity (Wildman–Crippen MR) is 49.7 cm³/mol. The number of fused-ring (bicyclic) bond motifs is 1. The van der Waals surface area contributed by atoms with Gasteiger partial charge in [-0.25, -0.2) is 4.40 Å². The number of nitro groups is 1. The number of aromatic nitrogens is 2. The first kappa shape index (κ1) is 9.53. The van der Waals surface area contributed by atoms with E-state index in [0.717, 1.165) is 4.40 Å². The van der Waals surface area contributed by atoms with Gasteiger partial charge < -0.3 is 15.8 Å². The molecule has 2 heterocycles. The van der Waals surface area contributed by atoms with E-state index >= 15 is 0 Å². The smallest absolute Gasteiger partial charge is 0.358 e. The van der Waals surface area contributed by atoms with Crippen LogP contribution in [0.25, 0.3) is 5.52 Å². The molecule has 0 unspecified atom stereocenters. The Hall–Kier alpha value is -2.02. The largest absolute Gasteiger partial charge is 0.389 e. The van der Waals surface area contributed by atoms with Crippen LogP contribution in [0.3, 0.4) is 0 Å². The fourth-order valence-electron chi connectivity index (χ4n) is 1.42. The molecular weight excluding hydrogens is 203 g/mol. The van der Waals surface area contributed by atoms with Gasteiger partial charge in [-0.05, 0) is 22.0 Å². The molecule has 0 aromatic carbocycles. The quantitative estimate of drug-likeness (QED) is 0.452. The second-order valence-corrected chi connectivity index (χ2v) is 2.88. The van der Waals surface area contributed by atoms with Gasteiger partial charge in [0.05, 0.1) is 6.54 Å². The Bertz CT molecular complexity index is 537. The molecule has 2 N–H and O–H groups in total. The highest BCUT2D eigenvalue weighted by Crippen LogP contribution is 2.21. The summed E-state index contributed by atoms with van der Waals surface area (Å²) in [6, 6.07) is 4.00. The third kappa shape index (κ3) is 1.33. The number of imidazole rings is 1. The van der Waals surface area contributed by atoms with Crippen molar-refractivity contribution in [3.8, 4) is 0 Å². The van der Waals surface area contributed by atoms with Gasteiger partial charge in [-0.1, -0.05) is 6.07 Å². The maximum atomic E-state index is 13.4. The van der Waals surface area contributed by atoms with Crippen molar-refractivity contribution in [1.29, 1.82) is 0 Å². The molecule has 0 aliphatic heterocycles. The van der Waals surface area contributed by atoms with Gasteiger partial charge in [0, 0.05) is 0 Å². The molecule has 7 heteroatoms. The van der Waals surface area contributed by atoms with Gasteiger partial charge in [-0.15, -0.1) is 0 Å². The number of hydrogen-bond acceptors (Lipinski definition) is 4. The Morgan fingerprint density at radius 2 is 2.33 bits per heavy atom. The number of halogens is 1. The van der Waals surface area contributed by atoms with Crippen LogP contribution in [0.4, 0.5) is 10.2 Å². The summed E-state index contributed by atoms with van der Waals surface area (Å²) < 4.78 is 14.4. The third-order valence-electron chi connectivity index (χ3n) is 2.02. The van der Waals surface area contributed by atoms with Crippen LogP contribution in [0.15, 0.2) is 18.2 Å². The summed E-state index contributed by atoms with van der Waals surface area (Å²) in [5.41, 5.74) is 5.44. The molecule has 0 aliphatic rings. The molecule has 2 aromatic heterocycles. The molecule has 0 aliphatic carbocycles. The van der Waals surface area contributed by atoms with Crippen LogP contribution in [-0.4, -0.2) is 14.3 Å². The highest BCUT2D eigenvalue weighted by molar-refractivity contribution is 5.62. The molecule has 2 rings (SSSR count). The summed E-state index contributed by atoms with van der Waals surface area (Å²) in [6.07, 6.45) is 0. The lowest BCUT2D eigenvalue weighted by atomic mass is 10.4. The Labute approximate surface area is 83.3 Å². The zero-order chi connectivity index (χ0) is 11.0. The van der Waals surface area contributed by atoms with E-state index in [2.05, 4.69) is 4.98 Å². The molecule has 0 saturated heterocycles. The molecule has 0 fully saturated rings. The zero-order valence-corrected chi connectivity index (χ0v) is 7.55. The molecule has 6 nitrogen and oxygen atoms in total. The molecule has 2 aromatic rings. The average Bonchev–Trinajstić information content (AvgIpc) is 2.58. The summed E-state index contributed by atoms with van der Waals surface area (Å²) in [5.74, 6) is -0.863. The van der Waals surface area contributed by atoms with Crippen molar-refractivity contribution in [2.75, 3.05) is 0 Å². The van der Waals surface area contributed by atoms with Gasteiger partial charge in [0.25, 0.3) is 0 Å². The number of pyridine rings is 1. The normalized spacial score (nSPS) is 10.8. The van der Waals surface area contributed by atoms with Crippen LogP contribution < -0.4 is 5.73 Å². The van der Waals surface area contributed by atoms with Crippen molar-refractivity contribution < 1.29 is 9.31 Å². The maximum Gasteiger partial charge on any atom is 0.389 e. The third-order valence-corrected chi connectivity index (χ3v) is 2.02. The Kier molecular flexibility index (Phi) is 2.09. The summed E-state index contributed by atoms with van der Waals surface area (Å²) in [7, 11) is 0. The van der Waals surface area contributed by atoms with Gasteiger partial charge in [0.15, 0.2) is 0 Å². The monoisotopic (exact) mass is 210 g/mol. The van der Waals surface area contributed by atoms with Gasteiger partial charge in [0.1, 0.15) is 5.52 Å². The van der Waals surface area contributed by atoms with Crippen LogP contribution in [-0.2, 0) is 6.54 Å². The van der Waals surface area contributed by atoms with Crippen molar-refractivity contribution in [3.05, 3.63) is 40.1 Å². The van der Waals surface area contributed by atoms with E-state index in [-0.39, 0.29) is 23.7 Å². The highest BCUT2D eigenvalue weighted by Gasteiger charge is 2.22. The number of hydrogen-bond donors (Lipinski definition) is 1. The first-order chi connectivity index (χ1) is 7.15. The molecule has 0 radical (unpaired) electrons. The maximum absolute atomic E-state index is 13.4. The zero-order valence-electron chi connectivity index (χ0n) is 7.55. The Morgan fingerprint density at radius 1 is 1.60 bits per heavy atom. The van der Waals surface area contributed by atoms with Crippen LogP contribution in [0.2, 0.25) is 0 Å². The minimum absolute atomic E-state index is 0.0596. The lowest BCUT2D eigenvalue weighted by Crippen LogP contribution is -2.04. The summed E-state index contributed by atoms with van der Waals surface area (Å²) >= 11 is 0. The Balaban J connectivity index is 2.87. The fourth-order valence-corrected chi connectivity index (χ4v) is 1.42. The number of nitrogens with zero attached hydrogens (tertiary/aromatic N) is 3. The van der Waals surface area contributed by atoms with Crippen molar-refractivity contribution >= 4 is 11.3 Å². The van der Waals surface area contributed by atoms with E-state index in [1.807, 2.05) is 0 Å². The SMILES string of the molecule is NCc1nc([N+](=O)[O-])c2cccc(F)n12. The molecule has 78 valence electrons. The lowest BCUT2D eigenvalue weighted by Gasteiger charge is -1.95. The standard InChI is InChI=1S/C8H7FN4O2/c9-6-3-1-2-5-8(13(14)15)11-7(4-10)12(5)6/h1-3H,4,10H2. The molecule has 0 amide bonds. The van der Waals surface area contributed by atoms with Crippen LogP contribution in [0.1, 0.15) is 5.82 Å². The van der Waals surface area contributed by atoms with Crippen LogP contribution >= 0.6 is 0 Å². The molecule has 0 bridgehead atoms. The number of nitrogens with two attached hydrogens (primary N) is 1.